The predicted octanol–water partition coefficient (Wildman–Crippen LogP) is 3.14. The first-order valence-electron chi connectivity index (χ1n) is 5.84. The lowest BCUT2D eigenvalue weighted by Gasteiger charge is -2.20. The van der Waals surface area contributed by atoms with Crippen LogP contribution in [0.15, 0.2) is 30.3 Å². The largest absolute Gasteiger partial charge is 0.327 e. The van der Waals surface area contributed by atoms with Crippen LogP contribution in [-0.4, -0.2) is 6.04 Å². The van der Waals surface area contributed by atoms with Gasteiger partial charge in [-0.1, -0.05) is 37.3 Å². The van der Waals surface area contributed by atoms with E-state index in [1.54, 1.807) is 0 Å². The molecule has 1 aliphatic carbocycles. The van der Waals surface area contributed by atoms with Gasteiger partial charge in [0.05, 0.1) is 0 Å². The van der Waals surface area contributed by atoms with Crippen LogP contribution in [-0.2, 0) is 6.42 Å². The Morgan fingerprint density at radius 1 is 1.33 bits per heavy atom. The third kappa shape index (κ3) is 2.29. The summed E-state index contributed by atoms with van der Waals surface area (Å²) in [5.41, 5.74) is 10.4. The summed E-state index contributed by atoms with van der Waals surface area (Å²) in [6.45, 7) is 2.15. The third-order valence-corrected chi connectivity index (χ3v) is 3.17. The van der Waals surface area contributed by atoms with E-state index in [1.165, 1.54) is 29.5 Å². The molecule has 1 nitrogen and oxygen atoms in total. The Hall–Kier alpha value is -1.08. The molecule has 0 amide bonds. The van der Waals surface area contributed by atoms with Crippen molar-refractivity contribution in [1.29, 1.82) is 0 Å². The van der Waals surface area contributed by atoms with E-state index in [0.29, 0.717) is 6.04 Å². The molecule has 2 rings (SSSR count). The standard InChI is InChI=1S/C14H19N/c1-2-13(15)10-12-8-5-7-11-6-3-4-9-14(11)12/h3-4,6,8-9,13H,2,5,7,10,15H2,1H3. The van der Waals surface area contributed by atoms with Crippen LogP contribution in [0.1, 0.15) is 37.3 Å². The molecule has 0 saturated heterocycles. The van der Waals surface area contributed by atoms with Gasteiger partial charge in [0.25, 0.3) is 0 Å². The zero-order chi connectivity index (χ0) is 10.7. The molecule has 0 aliphatic heterocycles. The van der Waals surface area contributed by atoms with E-state index in [0.717, 1.165) is 12.8 Å². The normalized spacial score (nSPS) is 16.8. The maximum absolute atomic E-state index is 6.02. The van der Waals surface area contributed by atoms with E-state index in [9.17, 15) is 0 Å². The van der Waals surface area contributed by atoms with Crippen molar-refractivity contribution in [2.75, 3.05) is 0 Å². The smallest absolute Gasteiger partial charge is 0.00768 e. The monoisotopic (exact) mass is 201 g/mol. The maximum atomic E-state index is 6.02. The summed E-state index contributed by atoms with van der Waals surface area (Å²) in [6.07, 6.45) is 6.79. The number of benzene rings is 1. The van der Waals surface area contributed by atoms with Crippen molar-refractivity contribution in [2.45, 2.75) is 38.6 Å². The molecule has 0 spiro atoms. The van der Waals surface area contributed by atoms with E-state index < -0.39 is 0 Å². The summed E-state index contributed by atoms with van der Waals surface area (Å²) >= 11 is 0. The lowest BCUT2D eigenvalue weighted by Crippen LogP contribution is -2.19. The summed E-state index contributed by atoms with van der Waals surface area (Å²) in [7, 11) is 0. The summed E-state index contributed by atoms with van der Waals surface area (Å²) in [5.74, 6) is 0. The second-order valence-corrected chi connectivity index (χ2v) is 4.30. The van der Waals surface area contributed by atoms with E-state index in [1.807, 2.05) is 0 Å². The highest BCUT2D eigenvalue weighted by Crippen LogP contribution is 2.29. The van der Waals surface area contributed by atoms with Crippen LogP contribution in [0.5, 0.6) is 0 Å². The van der Waals surface area contributed by atoms with Crippen molar-refractivity contribution >= 4 is 5.57 Å². The van der Waals surface area contributed by atoms with E-state index in [4.69, 9.17) is 5.73 Å². The number of allylic oxidation sites excluding steroid dienone is 1. The van der Waals surface area contributed by atoms with Crippen molar-refractivity contribution in [3.63, 3.8) is 0 Å². The Morgan fingerprint density at radius 3 is 2.93 bits per heavy atom. The quantitative estimate of drug-likeness (QED) is 0.798. The number of hydrogen-bond acceptors (Lipinski definition) is 1. The molecule has 1 heteroatoms. The van der Waals surface area contributed by atoms with E-state index in [-0.39, 0.29) is 0 Å². The summed E-state index contributed by atoms with van der Waals surface area (Å²) in [4.78, 5) is 0. The zero-order valence-corrected chi connectivity index (χ0v) is 9.37. The first-order valence-corrected chi connectivity index (χ1v) is 5.84. The van der Waals surface area contributed by atoms with Gasteiger partial charge < -0.3 is 5.73 Å². The molecule has 80 valence electrons. The first-order chi connectivity index (χ1) is 7.31. The zero-order valence-electron chi connectivity index (χ0n) is 9.37. The minimum atomic E-state index is 0.308. The maximum Gasteiger partial charge on any atom is 0.00768 e. The number of fused-ring (bicyclic) bond motifs is 1. The minimum absolute atomic E-state index is 0.308. The van der Waals surface area contributed by atoms with Crippen LogP contribution in [0.2, 0.25) is 0 Å². The van der Waals surface area contributed by atoms with Crippen molar-refractivity contribution < 1.29 is 0 Å². The Kier molecular flexibility index (Phi) is 3.22. The van der Waals surface area contributed by atoms with Gasteiger partial charge in [0.2, 0.25) is 0 Å². The van der Waals surface area contributed by atoms with Crippen molar-refractivity contribution in [1.82, 2.24) is 0 Å². The van der Waals surface area contributed by atoms with Gasteiger partial charge in [-0.25, -0.2) is 0 Å². The van der Waals surface area contributed by atoms with Crippen molar-refractivity contribution in [2.24, 2.45) is 5.73 Å². The molecule has 0 fully saturated rings. The third-order valence-electron chi connectivity index (χ3n) is 3.17. The van der Waals surface area contributed by atoms with Gasteiger partial charge >= 0.3 is 0 Å². The average molecular weight is 201 g/mol. The number of hydrogen-bond donors (Lipinski definition) is 1. The van der Waals surface area contributed by atoms with Gasteiger partial charge in [-0.2, -0.15) is 0 Å². The Balaban J connectivity index is 2.23. The van der Waals surface area contributed by atoms with Crippen molar-refractivity contribution in [3.05, 3.63) is 41.5 Å². The average Bonchev–Trinajstić information content (AvgIpc) is 2.29. The molecule has 0 bridgehead atoms. The van der Waals surface area contributed by atoms with Crippen molar-refractivity contribution in [3.8, 4) is 0 Å². The lowest BCUT2D eigenvalue weighted by molar-refractivity contribution is 0.664. The van der Waals surface area contributed by atoms with Gasteiger partial charge in [-0.15, -0.1) is 0 Å². The van der Waals surface area contributed by atoms with Crippen LogP contribution in [0.4, 0.5) is 0 Å². The van der Waals surface area contributed by atoms with Gasteiger partial charge in [0.1, 0.15) is 0 Å². The molecule has 1 aromatic rings. The molecule has 0 radical (unpaired) electrons. The van der Waals surface area contributed by atoms with Gasteiger partial charge in [0.15, 0.2) is 0 Å². The minimum Gasteiger partial charge on any atom is -0.327 e. The number of nitrogens with two attached hydrogens (primary N) is 1. The van der Waals surface area contributed by atoms with Gasteiger partial charge in [-0.05, 0) is 42.4 Å². The predicted molar refractivity (Wildman–Crippen MR) is 65.6 cm³/mol. The fourth-order valence-corrected chi connectivity index (χ4v) is 2.18. The van der Waals surface area contributed by atoms with E-state index >= 15 is 0 Å². The summed E-state index contributed by atoms with van der Waals surface area (Å²) < 4.78 is 0. The first kappa shape index (κ1) is 10.4. The highest BCUT2D eigenvalue weighted by molar-refractivity contribution is 5.70. The Bertz CT molecular complexity index is 365. The SMILES string of the molecule is CCC(N)CC1=CCCc2ccccc21. The van der Waals surface area contributed by atoms with Gasteiger partial charge in [-0.3, -0.25) is 0 Å². The lowest BCUT2D eigenvalue weighted by atomic mass is 9.87. The van der Waals surface area contributed by atoms with Crippen LogP contribution in [0.25, 0.3) is 5.57 Å². The van der Waals surface area contributed by atoms with Crippen LogP contribution in [0, 0.1) is 0 Å². The molecule has 1 atom stereocenters. The van der Waals surface area contributed by atoms with Gasteiger partial charge in [0, 0.05) is 6.04 Å². The molecule has 15 heavy (non-hydrogen) atoms. The summed E-state index contributed by atoms with van der Waals surface area (Å²) in [5, 5.41) is 0. The molecule has 0 aromatic heterocycles. The fraction of sp³-hybridized carbons (Fsp3) is 0.429. The van der Waals surface area contributed by atoms with Crippen LogP contribution >= 0.6 is 0 Å². The van der Waals surface area contributed by atoms with Crippen LogP contribution in [0.3, 0.4) is 0 Å². The second kappa shape index (κ2) is 4.63. The molecule has 1 aliphatic rings. The number of aryl methyl sites for hydroxylation is 1. The second-order valence-electron chi connectivity index (χ2n) is 4.30. The van der Waals surface area contributed by atoms with E-state index in [2.05, 4.69) is 37.3 Å². The highest BCUT2D eigenvalue weighted by atomic mass is 14.6. The summed E-state index contributed by atoms with van der Waals surface area (Å²) in [6, 6.07) is 9.02. The topological polar surface area (TPSA) is 26.0 Å². The molecule has 1 aromatic carbocycles. The molecule has 0 saturated carbocycles. The molecule has 2 N–H and O–H groups in total. The Labute approximate surface area is 92.0 Å². The fourth-order valence-electron chi connectivity index (χ4n) is 2.18. The Morgan fingerprint density at radius 2 is 2.13 bits per heavy atom. The molecular formula is C14H19N. The highest BCUT2D eigenvalue weighted by Gasteiger charge is 2.13. The molecule has 1 unspecified atom stereocenters. The molecule has 0 heterocycles. The number of rotatable bonds is 3. The van der Waals surface area contributed by atoms with Crippen LogP contribution < -0.4 is 5.73 Å². The molecular weight excluding hydrogens is 182 g/mol.